The first-order chi connectivity index (χ1) is 11.5. The number of nitrogens with one attached hydrogen (secondary N) is 2. The summed E-state index contributed by atoms with van der Waals surface area (Å²) in [5.41, 5.74) is 5.78. The molecule has 7 nitrogen and oxygen atoms in total. The maximum absolute atomic E-state index is 11.6. The number of aliphatic hydroxyl groups is 1. The van der Waals surface area contributed by atoms with E-state index in [0.29, 0.717) is 23.2 Å². The van der Waals surface area contributed by atoms with Gasteiger partial charge in [-0.1, -0.05) is 6.42 Å². The number of nitrogens with zero attached hydrogens (tertiary/aromatic N) is 2. The summed E-state index contributed by atoms with van der Waals surface area (Å²) in [5, 5.41) is 16.3. The molecule has 1 aromatic heterocycles. The third-order valence-corrected chi connectivity index (χ3v) is 5.31. The van der Waals surface area contributed by atoms with Crippen molar-refractivity contribution in [1.82, 2.24) is 9.97 Å². The van der Waals surface area contributed by atoms with E-state index in [1.54, 1.807) is 0 Å². The number of aliphatic hydroxyl groups excluding tert-OH is 1. The van der Waals surface area contributed by atoms with E-state index in [2.05, 4.69) is 27.5 Å². The van der Waals surface area contributed by atoms with Crippen LogP contribution in [0.4, 0.5) is 11.8 Å². The standard InChI is InChI=1S/C17H27N5O2/c1-10(11-3-2-4-11)20-16-14(15(18)24)9-19-17(22-16)21-12-5-7-13(23)8-6-12/h9-13,23H,2-8H2,1H3,(H2,18,24)(H2,19,20,21,22)/t10-,12?,13?/m1/s1. The fourth-order valence-corrected chi connectivity index (χ4v) is 3.42. The number of carbonyl (C=O) groups excluding carboxylic acids is 1. The zero-order chi connectivity index (χ0) is 17.1. The lowest BCUT2D eigenvalue weighted by Gasteiger charge is -2.32. The van der Waals surface area contributed by atoms with Crippen LogP contribution in [0.2, 0.25) is 0 Å². The lowest BCUT2D eigenvalue weighted by atomic mass is 9.80. The molecule has 0 bridgehead atoms. The van der Waals surface area contributed by atoms with Crippen molar-refractivity contribution in [2.45, 2.75) is 70.1 Å². The topological polar surface area (TPSA) is 113 Å². The molecule has 1 aromatic rings. The van der Waals surface area contributed by atoms with E-state index in [0.717, 1.165) is 25.7 Å². The van der Waals surface area contributed by atoms with Gasteiger partial charge in [0.1, 0.15) is 5.82 Å². The van der Waals surface area contributed by atoms with Gasteiger partial charge in [-0.05, 0) is 51.4 Å². The molecule has 2 aliphatic carbocycles. The van der Waals surface area contributed by atoms with Crippen LogP contribution in [0.1, 0.15) is 62.2 Å². The summed E-state index contributed by atoms with van der Waals surface area (Å²) < 4.78 is 0. The van der Waals surface area contributed by atoms with E-state index in [1.807, 2.05) is 0 Å². The van der Waals surface area contributed by atoms with Crippen molar-refractivity contribution >= 4 is 17.7 Å². The maximum Gasteiger partial charge on any atom is 0.254 e. The number of carbonyl (C=O) groups is 1. The first kappa shape index (κ1) is 17.0. The Labute approximate surface area is 142 Å². The van der Waals surface area contributed by atoms with E-state index in [-0.39, 0.29) is 18.2 Å². The number of hydrogen-bond donors (Lipinski definition) is 4. The van der Waals surface area contributed by atoms with Crippen molar-refractivity contribution in [3.05, 3.63) is 11.8 Å². The van der Waals surface area contributed by atoms with Crippen LogP contribution < -0.4 is 16.4 Å². The molecule has 0 saturated heterocycles. The Morgan fingerprint density at radius 1 is 1.29 bits per heavy atom. The highest BCUT2D eigenvalue weighted by Gasteiger charge is 2.26. The summed E-state index contributed by atoms with van der Waals surface area (Å²) in [6.07, 6.45) is 8.35. The summed E-state index contributed by atoms with van der Waals surface area (Å²) >= 11 is 0. The number of rotatable bonds is 6. The van der Waals surface area contributed by atoms with E-state index < -0.39 is 5.91 Å². The van der Waals surface area contributed by atoms with Gasteiger partial charge in [-0.2, -0.15) is 4.98 Å². The summed E-state index contributed by atoms with van der Waals surface area (Å²) in [5.74, 6) is 1.11. The van der Waals surface area contributed by atoms with Crippen molar-refractivity contribution in [3.63, 3.8) is 0 Å². The zero-order valence-corrected chi connectivity index (χ0v) is 14.2. The molecule has 7 heteroatoms. The maximum atomic E-state index is 11.6. The molecule has 1 amide bonds. The van der Waals surface area contributed by atoms with Gasteiger partial charge in [0.25, 0.3) is 5.91 Å². The number of hydrogen-bond acceptors (Lipinski definition) is 6. The lowest BCUT2D eigenvalue weighted by molar-refractivity contribution is 0.1000. The van der Waals surface area contributed by atoms with Gasteiger partial charge in [0, 0.05) is 18.3 Å². The third-order valence-electron chi connectivity index (χ3n) is 5.31. The Kier molecular flexibility index (Phi) is 5.18. The highest BCUT2D eigenvalue weighted by atomic mass is 16.3. The van der Waals surface area contributed by atoms with Crippen LogP contribution in [0.5, 0.6) is 0 Å². The third kappa shape index (κ3) is 3.95. The molecule has 1 heterocycles. The van der Waals surface area contributed by atoms with Gasteiger partial charge in [0.05, 0.1) is 11.7 Å². The Morgan fingerprint density at radius 2 is 2.00 bits per heavy atom. The Balaban J connectivity index is 1.71. The zero-order valence-electron chi connectivity index (χ0n) is 14.2. The second-order valence-corrected chi connectivity index (χ2v) is 7.09. The van der Waals surface area contributed by atoms with Crippen LogP contribution in [0, 0.1) is 5.92 Å². The second-order valence-electron chi connectivity index (χ2n) is 7.09. The minimum Gasteiger partial charge on any atom is -0.393 e. The molecule has 1 atom stereocenters. The monoisotopic (exact) mass is 333 g/mol. The minimum atomic E-state index is -0.523. The number of amides is 1. The first-order valence-electron chi connectivity index (χ1n) is 8.91. The Hall–Kier alpha value is -1.89. The van der Waals surface area contributed by atoms with Crippen molar-refractivity contribution in [2.24, 2.45) is 11.7 Å². The van der Waals surface area contributed by atoms with Crippen LogP contribution in [0.3, 0.4) is 0 Å². The average Bonchev–Trinajstić information content (AvgIpc) is 2.47. The van der Waals surface area contributed by atoms with Crippen LogP contribution in [-0.2, 0) is 0 Å². The number of nitrogens with two attached hydrogens (primary N) is 1. The lowest BCUT2D eigenvalue weighted by Crippen LogP contribution is -2.33. The van der Waals surface area contributed by atoms with Crippen LogP contribution >= 0.6 is 0 Å². The Bertz CT molecular complexity index is 582. The predicted molar refractivity (Wildman–Crippen MR) is 92.9 cm³/mol. The molecule has 2 saturated carbocycles. The average molecular weight is 333 g/mol. The van der Waals surface area contributed by atoms with Gasteiger partial charge in [-0.25, -0.2) is 4.98 Å². The van der Waals surface area contributed by atoms with Gasteiger partial charge in [-0.15, -0.1) is 0 Å². The normalized spacial score (nSPS) is 25.6. The SMILES string of the molecule is C[C@@H](Nc1nc(NC2CCC(O)CC2)ncc1C(N)=O)C1CCC1. The molecule has 0 aliphatic heterocycles. The van der Waals surface area contributed by atoms with Crippen molar-refractivity contribution in [1.29, 1.82) is 0 Å². The van der Waals surface area contributed by atoms with Crippen molar-refractivity contribution in [3.8, 4) is 0 Å². The molecule has 2 fully saturated rings. The highest BCUT2D eigenvalue weighted by Crippen LogP contribution is 2.31. The second kappa shape index (κ2) is 7.34. The van der Waals surface area contributed by atoms with E-state index in [1.165, 1.54) is 25.5 Å². The van der Waals surface area contributed by atoms with Crippen molar-refractivity contribution in [2.75, 3.05) is 10.6 Å². The molecular formula is C17H27N5O2. The van der Waals surface area contributed by atoms with Crippen LogP contribution in [0.15, 0.2) is 6.20 Å². The number of aromatic nitrogens is 2. The van der Waals surface area contributed by atoms with Crippen LogP contribution in [0.25, 0.3) is 0 Å². The highest BCUT2D eigenvalue weighted by molar-refractivity contribution is 5.97. The summed E-state index contributed by atoms with van der Waals surface area (Å²) in [7, 11) is 0. The van der Waals surface area contributed by atoms with Gasteiger partial charge in [0.15, 0.2) is 0 Å². The molecular weight excluding hydrogens is 306 g/mol. The van der Waals surface area contributed by atoms with Crippen LogP contribution in [-0.4, -0.2) is 39.2 Å². The van der Waals surface area contributed by atoms with E-state index in [9.17, 15) is 9.90 Å². The Morgan fingerprint density at radius 3 is 2.58 bits per heavy atom. The van der Waals surface area contributed by atoms with Gasteiger partial charge in [-0.3, -0.25) is 4.79 Å². The molecule has 0 unspecified atom stereocenters. The van der Waals surface area contributed by atoms with E-state index in [4.69, 9.17) is 5.73 Å². The van der Waals surface area contributed by atoms with Gasteiger partial charge >= 0.3 is 0 Å². The molecule has 0 radical (unpaired) electrons. The summed E-state index contributed by atoms with van der Waals surface area (Å²) in [4.78, 5) is 20.4. The fourth-order valence-electron chi connectivity index (χ4n) is 3.42. The predicted octanol–water partition coefficient (Wildman–Crippen LogP) is 1.89. The number of primary amides is 1. The number of anilines is 2. The quantitative estimate of drug-likeness (QED) is 0.632. The molecule has 2 aliphatic rings. The summed E-state index contributed by atoms with van der Waals surface area (Å²) in [6, 6.07) is 0.508. The smallest absolute Gasteiger partial charge is 0.254 e. The molecule has 24 heavy (non-hydrogen) atoms. The minimum absolute atomic E-state index is 0.193. The molecule has 0 aromatic carbocycles. The first-order valence-corrected chi connectivity index (χ1v) is 8.91. The molecule has 0 spiro atoms. The van der Waals surface area contributed by atoms with Crippen molar-refractivity contribution < 1.29 is 9.90 Å². The molecule has 3 rings (SSSR count). The fraction of sp³-hybridized carbons (Fsp3) is 0.706. The summed E-state index contributed by atoms with van der Waals surface area (Å²) in [6.45, 7) is 2.12. The largest absolute Gasteiger partial charge is 0.393 e. The molecule has 5 N–H and O–H groups in total. The molecule has 132 valence electrons. The van der Waals surface area contributed by atoms with Gasteiger partial charge in [0.2, 0.25) is 5.95 Å². The van der Waals surface area contributed by atoms with Gasteiger partial charge < -0.3 is 21.5 Å². The van der Waals surface area contributed by atoms with E-state index >= 15 is 0 Å².